The SMILES string of the molecule is C=CCCCCCCCCCCCCCCCCCCCCCCCCCCCCCCCCCCC(C)(C)C. The van der Waals surface area contributed by atoms with Crippen LogP contribution >= 0.6 is 0 Å². The summed E-state index contributed by atoms with van der Waals surface area (Å²) in [7, 11) is 0. The molecule has 0 heteroatoms. The molecule has 0 aromatic rings. The van der Waals surface area contributed by atoms with Gasteiger partial charge in [-0.1, -0.05) is 226 Å². The van der Waals surface area contributed by atoms with Crippen LogP contribution < -0.4 is 0 Å². The Kier molecular flexibility index (Phi) is 33.0. The number of hydrogen-bond donors (Lipinski definition) is 0. The second-order valence-electron chi connectivity index (χ2n) is 14.7. The summed E-state index contributed by atoms with van der Waals surface area (Å²) in [4.78, 5) is 0. The Balaban J connectivity index is 3.04. The van der Waals surface area contributed by atoms with E-state index in [1.807, 2.05) is 0 Å². The van der Waals surface area contributed by atoms with Gasteiger partial charge in [-0.15, -0.1) is 6.58 Å². The van der Waals surface area contributed by atoms with Gasteiger partial charge in [0.05, 0.1) is 0 Å². The van der Waals surface area contributed by atoms with Crippen LogP contribution in [0.15, 0.2) is 12.7 Å². The fourth-order valence-corrected chi connectivity index (χ4v) is 6.25. The number of rotatable bonds is 34. The Morgan fingerprint density at radius 1 is 0.300 bits per heavy atom. The number of unbranched alkanes of at least 4 members (excludes halogenated alkanes) is 32. The summed E-state index contributed by atoms with van der Waals surface area (Å²) >= 11 is 0. The highest BCUT2D eigenvalue weighted by molar-refractivity contribution is 4.65. The molecule has 0 aromatic carbocycles. The van der Waals surface area contributed by atoms with Gasteiger partial charge in [0.1, 0.15) is 0 Å². The highest BCUT2D eigenvalue weighted by atomic mass is 14.1. The lowest BCUT2D eigenvalue weighted by Gasteiger charge is -2.17. The fraction of sp³-hybridized carbons (Fsp3) is 0.950. The second kappa shape index (κ2) is 33.2. The van der Waals surface area contributed by atoms with Crippen LogP contribution in [0, 0.1) is 5.41 Å². The summed E-state index contributed by atoms with van der Waals surface area (Å²) in [5.74, 6) is 0. The molecule has 0 aliphatic heterocycles. The molecular weight excluding hydrogens is 480 g/mol. The molecule has 0 fully saturated rings. The van der Waals surface area contributed by atoms with Crippen molar-refractivity contribution in [1.82, 2.24) is 0 Å². The molecule has 0 atom stereocenters. The van der Waals surface area contributed by atoms with E-state index < -0.39 is 0 Å². The zero-order valence-corrected chi connectivity index (χ0v) is 28.8. The van der Waals surface area contributed by atoms with E-state index in [1.54, 1.807) is 0 Å². The first-order chi connectivity index (χ1) is 19.6. The molecule has 0 spiro atoms. The topological polar surface area (TPSA) is 0 Å². The monoisotopic (exact) mass is 561 g/mol. The van der Waals surface area contributed by atoms with Gasteiger partial charge in [0, 0.05) is 0 Å². The van der Waals surface area contributed by atoms with Crippen molar-refractivity contribution in [3.8, 4) is 0 Å². The maximum absolute atomic E-state index is 3.80. The number of hydrogen-bond acceptors (Lipinski definition) is 0. The van der Waals surface area contributed by atoms with Crippen molar-refractivity contribution in [3.05, 3.63) is 12.7 Å². The van der Waals surface area contributed by atoms with Crippen molar-refractivity contribution in [3.63, 3.8) is 0 Å². The normalized spacial score (nSPS) is 11.9. The molecular formula is C40H80. The van der Waals surface area contributed by atoms with Gasteiger partial charge in [0.15, 0.2) is 0 Å². The van der Waals surface area contributed by atoms with Crippen LogP contribution in [0.25, 0.3) is 0 Å². The molecule has 0 radical (unpaired) electrons. The van der Waals surface area contributed by atoms with Gasteiger partial charge in [0.25, 0.3) is 0 Å². The van der Waals surface area contributed by atoms with Crippen LogP contribution in [0.1, 0.15) is 239 Å². The first-order valence-electron chi connectivity index (χ1n) is 19.2. The average molecular weight is 561 g/mol. The maximum Gasteiger partial charge on any atom is -0.0353 e. The molecule has 0 saturated heterocycles. The third kappa shape index (κ3) is 37.7. The van der Waals surface area contributed by atoms with Gasteiger partial charge in [-0.25, -0.2) is 0 Å². The Bertz CT molecular complexity index is 455. The molecule has 0 aromatic heterocycles. The lowest BCUT2D eigenvalue weighted by Crippen LogP contribution is -2.03. The molecule has 0 saturated carbocycles. The van der Waals surface area contributed by atoms with Crippen LogP contribution in [-0.2, 0) is 0 Å². The molecule has 0 amide bonds. The molecule has 0 nitrogen and oxygen atoms in total. The first-order valence-corrected chi connectivity index (χ1v) is 19.2. The molecule has 0 unspecified atom stereocenters. The van der Waals surface area contributed by atoms with E-state index >= 15 is 0 Å². The van der Waals surface area contributed by atoms with Crippen LogP contribution in [0.2, 0.25) is 0 Å². The van der Waals surface area contributed by atoms with Gasteiger partial charge in [0.2, 0.25) is 0 Å². The Labute approximate surface area is 256 Å². The van der Waals surface area contributed by atoms with Crippen molar-refractivity contribution < 1.29 is 0 Å². The predicted octanol–water partition coefficient (Wildman–Crippen LogP) is 15.5. The summed E-state index contributed by atoms with van der Waals surface area (Å²) in [5, 5.41) is 0. The zero-order chi connectivity index (χ0) is 29.2. The summed E-state index contributed by atoms with van der Waals surface area (Å²) in [5.41, 5.74) is 0.531. The van der Waals surface area contributed by atoms with Gasteiger partial charge in [-0.2, -0.15) is 0 Å². The van der Waals surface area contributed by atoms with Gasteiger partial charge >= 0.3 is 0 Å². The summed E-state index contributed by atoms with van der Waals surface area (Å²) in [6, 6.07) is 0. The van der Waals surface area contributed by atoms with Crippen molar-refractivity contribution >= 4 is 0 Å². The van der Waals surface area contributed by atoms with E-state index in [1.165, 1.54) is 218 Å². The van der Waals surface area contributed by atoms with Crippen LogP contribution in [-0.4, -0.2) is 0 Å². The second-order valence-corrected chi connectivity index (χ2v) is 14.7. The van der Waals surface area contributed by atoms with Gasteiger partial charge in [-0.05, 0) is 24.7 Å². The molecule has 0 heterocycles. The molecule has 0 bridgehead atoms. The van der Waals surface area contributed by atoms with E-state index in [-0.39, 0.29) is 0 Å². The predicted molar refractivity (Wildman–Crippen MR) is 187 cm³/mol. The van der Waals surface area contributed by atoms with Crippen molar-refractivity contribution in [1.29, 1.82) is 0 Å². The third-order valence-electron chi connectivity index (χ3n) is 9.09. The number of allylic oxidation sites excluding steroid dienone is 1. The maximum atomic E-state index is 3.80. The Morgan fingerprint density at radius 2 is 0.475 bits per heavy atom. The highest BCUT2D eigenvalue weighted by Crippen LogP contribution is 2.23. The van der Waals surface area contributed by atoms with E-state index in [2.05, 4.69) is 33.4 Å². The Hall–Kier alpha value is -0.260. The molecule has 0 aliphatic rings. The summed E-state index contributed by atoms with van der Waals surface area (Å²) < 4.78 is 0. The van der Waals surface area contributed by atoms with Gasteiger partial charge in [-0.3, -0.25) is 0 Å². The quantitative estimate of drug-likeness (QED) is 0.0542. The lowest BCUT2D eigenvalue weighted by molar-refractivity contribution is 0.356. The largest absolute Gasteiger partial charge is 0.103 e. The highest BCUT2D eigenvalue weighted by Gasteiger charge is 2.08. The molecule has 240 valence electrons. The smallest absolute Gasteiger partial charge is 0.0353 e. The van der Waals surface area contributed by atoms with Crippen molar-refractivity contribution in [2.45, 2.75) is 239 Å². The summed E-state index contributed by atoms with van der Waals surface area (Å²) in [6.07, 6.45) is 51.8. The lowest BCUT2D eigenvalue weighted by atomic mass is 9.89. The minimum Gasteiger partial charge on any atom is -0.103 e. The van der Waals surface area contributed by atoms with E-state index in [0.29, 0.717) is 5.41 Å². The van der Waals surface area contributed by atoms with Crippen molar-refractivity contribution in [2.75, 3.05) is 0 Å². The van der Waals surface area contributed by atoms with E-state index in [0.717, 1.165) is 0 Å². The van der Waals surface area contributed by atoms with Crippen LogP contribution in [0.3, 0.4) is 0 Å². The molecule has 0 N–H and O–H groups in total. The first kappa shape index (κ1) is 39.7. The minimum absolute atomic E-state index is 0.531. The Morgan fingerprint density at radius 3 is 0.650 bits per heavy atom. The van der Waals surface area contributed by atoms with Crippen LogP contribution in [0.4, 0.5) is 0 Å². The minimum atomic E-state index is 0.531. The average Bonchev–Trinajstić information content (AvgIpc) is 2.92. The van der Waals surface area contributed by atoms with Crippen LogP contribution in [0.5, 0.6) is 0 Å². The standard InChI is InChI=1S/C40H80/c1-5-6-7-8-9-10-11-12-13-14-15-16-17-18-19-20-21-22-23-24-25-26-27-28-29-30-31-32-33-34-35-36-37-38-39-40(2,3)4/h5H,1,6-39H2,2-4H3. The van der Waals surface area contributed by atoms with Gasteiger partial charge < -0.3 is 0 Å². The fourth-order valence-electron chi connectivity index (χ4n) is 6.25. The molecule has 40 heavy (non-hydrogen) atoms. The molecule has 0 aliphatic carbocycles. The van der Waals surface area contributed by atoms with E-state index in [9.17, 15) is 0 Å². The third-order valence-corrected chi connectivity index (χ3v) is 9.09. The molecule has 0 rings (SSSR count). The zero-order valence-electron chi connectivity index (χ0n) is 28.8. The summed E-state index contributed by atoms with van der Waals surface area (Å²) in [6.45, 7) is 10.9. The van der Waals surface area contributed by atoms with Crippen molar-refractivity contribution in [2.24, 2.45) is 5.41 Å². The van der Waals surface area contributed by atoms with E-state index in [4.69, 9.17) is 0 Å².